The van der Waals surface area contributed by atoms with Crippen molar-refractivity contribution in [3.8, 4) is 16.9 Å². The van der Waals surface area contributed by atoms with Crippen molar-refractivity contribution in [2.45, 2.75) is 57.4 Å². The Bertz CT molecular complexity index is 1540. The number of aromatic nitrogens is 1. The number of ether oxygens (including phenoxy) is 1. The van der Waals surface area contributed by atoms with E-state index in [1.165, 1.54) is 0 Å². The van der Waals surface area contributed by atoms with E-state index in [2.05, 4.69) is 34.6 Å². The number of nitrogens with two attached hydrogens (primary N) is 1. The average Bonchev–Trinajstić information content (AvgIpc) is 2.98. The SMILES string of the molecule is Cc1cc(-c2ccc(C[C@H](N)[C@@H](O)C[C@@H](Cc3cccc(Cl)c3)C(=O)N[C@H]3c4ccccc4OC[C@H]3O)cc2)cc(C)n1. The van der Waals surface area contributed by atoms with E-state index in [0.29, 0.717) is 29.2 Å². The number of rotatable bonds is 10. The first-order valence-electron chi connectivity index (χ1n) is 14.6. The molecule has 43 heavy (non-hydrogen) atoms. The number of nitrogens with one attached hydrogen (secondary N) is 1. The van der Waals surface area contributed by atoms with Gasteiger partial charge in [0, 0.05) is 33.9 Å². The van der Waals surface area contributed by atoms with Crippen molar-refractivity contribution in [1.82, 2.24) is 10.3 Å². The van der Waals surface area contributed by atoms with E-state index in [4.69, 9.17) is 22.1 Å². The van der Waals surface area contributed by atoms with E-state index in [9.17, 15) is 15.0 Å². The minimum Gasteiger partial charge on any atom is -0.490 e. The first-order valence-corrected chi connectivity index (χ1v) is 15.0. The van der Waals surface area contributed by atoms with Crippen LogP contribution in [0.5, 0.6) is 5.75 Å². The highest BCUT2D eigenvalue weighted by atomic mass is 35.5. The summed E-state index contributed by atoms with van der Waals surface area (Å²) in [4.78, 5) is 18.2. The number of nitrogens with zero attached hydrogens (tertiary/aromatic N) is 1. The zero-order chi connectivity index (χ0) is 30.5. The van der Waals surface area contributed by atoms with Crippen molar-refractivity contribution in [1.29, 1.82) is 0 Å². The highest BCUT2D eigenvalue weighted by Gasteiger charge is 2.34. The number of aryl methyl sites for hydroxylation is 2. The van der Waals surface area contributed by atoms with Crippen LogP contribution in [0.1, 0.15) is 40.5 Å². The van der Waals surface area contributed by atoms with E-state index < -0.39 is 30.2 Å². The van der Waals surface area contributed by atoms with Crippen molar-refractivity contribution in [2.75, 3.05) is 6.61 Å². The lowest BCUT2D eigenvalue weighted by molar-refractivity contribution is -0.128. The fourth-order valence-electron chi connectivity index (χ4n) is 5.73. The van der Waals surface area contributed by atoms with Gasteiger partial charge >= 0.3 is 0 Å². The van der Waals surface area contributed by atoms with Crippen molar-refractivity contribution < 1.29 is 19.7 Å². The van der Waals surface area contributed by atoms with Crippen LogP contribution >= 0.6 is 11.6 Å². The molecule has 1 aliphatic rings. The molecule has 0 unspecified atom stereocenters. The van der Waals surface area contributed by atoms with E-state index in [1.807, 2.05) is 68.4 Å². The van der Waals surface area contributed by atoms with Crippen LogP contribution in [0.3, 0.4) is 0 Å². The summed E-state index contributed by atoms with van der Waals surface area (Å²) in [6.07, 6.45) is -0.884. The number of halogens is 1. The molecule has 1 aromatic heterocycles. The summed E-state index contributed by atoms with van der Waals surface area (Å²) in [6, 6.07) is 25.7. The molecule has 0 radical (unpaired) electrons. The van der Waals surface area contributed by atoms with Gasteiger partial charge in [-0.25, -0.2) is 0 Å². The molecule has 0 aliphatic carbocycles. The van der Waals surface area contributed by atoms with Crippen LogP contribution < -0.4 is 15.8 Å². The van der Waals surface area contributed by atoms with Crippen LogP contribution in [0.25, 0.3) is 11.1 Å². The number of fused-ring (bicyclic) bond motifs is 1. The number of pyridine rings is 1. The van der Waals surface area contributed by atoms with Gasteiger partial charge in [-0.05, 0) is 85.7 Å². The van der Waals surface area contributed by atoms with Crippen LogP contribution in [0, 0.1) is 19.8 Å². The summed E-state index contributed by atoms with van der Waals surface area (Å²) >= 11 is 6.23. The molecule has 1 amide bonds. The van der Waals surface area contributed by atoms with Gasteiger partial charge in [0.15, 0.2) is 0 Å². The highest BCUT2D eigenvalue weighted by molar-refractivity contribution is 6.30. The topological polar surface area (TPSA) is 118 Å². The zero-order valence-corrected chi connectivity index (χ0v) is 25.2. The maximum atomic E-state index is 13.7. The Balaban J connectivity index is 1.29. The van der Waals surface area contributed by atoms with Gasteiger partial charge in [-0.3, -0.25) is 9.78 Å². The number of para-hydroxylation sites is 1. The molecule has 4 aromatic rings. The Morgan fingerprint density at radius 3 is 2.42 bits per heavy atom. The van der Waals surface area contributed by atoms with Gasteiger partial charge in [0.1, 0.15) is 18.5 Å². The van der Waals surface area contributed by atoms with Gasteiger partial charge in [0.25, 0.3) is 0 Å². The lowest BCUT2D eigenvalue weighted by Crippen LogP contribution is -2.46. The largest absolute Gasteiger partial charge is 0.490 e. The Kier molecular flexibility index (Phi) is 9.78. The summed E-state index contributed by atoms with van der Waals surface area (Å²) in [5.74, 6) is -0.256. The molecule has 5 N–H and O–H groups in total. The molecule has 224 valence electrons. The lowest BCUT2D eigenvalue weighted by Gasteiger charge is -2.32. The second-order valence-electron chi connectivity index (χ2n) is 11.4. The number of carbonyl (C=O) groups excluding carboxylic acids is 1. The first kappa shape index (κ1) is 30.7. The van der Waals surface area contributed by atoms with Crippen LogP contribution in [0.4, 0.5) is 0 Å². The Hall–Kier alpha value is -3.75. The second-order valence-corrected chi connectivity index (χ2v) is 11.9. The molecule has 8 heteroatoms. The van der Waals surface area contributed by atoms with Crippen LogP contribution in [0.15, 0.2) is 84.9 Å². The van der Waals surface area contributed by atoms with Gasteiger partial charge in [-0.2, -0.15) is 0 Å². The molecular formula is C35H38ClN3O4. The van der Waals surface area contributed by atoms with Crippen molar-refractivity contribution in [3.05, 3.63) is 118 Å². The van der Waals surface area contributed by atoms with E-state index in [1.54, 1.807) is 6.07 Å². The number of amides is 1. The molecule has 0 spiro atoms. The van der Waals surface area contributed by atoms with Gasteiger partial charge in [0.2, 0.25) is 5.91 Å². The summed E-state index contributed by atoms with van der Waals surface area (Å²) in [7, 11) is 0. The number of carbonyl (C=O) groups is 1. The predicted molar refractivity (Wildman–Crippen MR) is 169 cm³/mol. The maximum Gasteiger partial charge on any atom is 0.224 e. The monoisotopic (exact) mass is 599 g/mol. The van der Waals surface area contributed by atoms with Crippen LogP contribution in [0.2, 0.25) is 5.02 Å². The van der Waals surface area contributed by atoms with Crippen LogP contribution in [-0.2, 0) is 17.6 Å². The number of hydrogen-bond donors (Lipinski definition) is 4. The molecule has 3 aromatic carbocycles. The summed E-state index contributed by atoms with van der Waals surface area (Å²) < 4.78 is 5.64. The summed E-state index contributed by atoms with van der Waals surface area (Å²) in [5, 5.41) is 25.5. The van der Waals surface area contributed by atoms with E-state index >= 15 is 0 Å². The minimum absolute atomic E-state index is 0.0770. The molecule has 0 bridgehead atoms. The summed E-state index contributed by atoms with van der Waals surface area (Å²) in [5.41, 5.74) is 13.2. The molecule has 0 fully saturated rings. The number of hydrogen-bond acceptors (Lipinski definition) is 6. The highest BCUT2D eigenvalue weighted by Crippen LogP contribution is 2.32. The molecular weight excluding hydrogens is 562 g/mol. The molecule has 0 saturated carbocycles. The first-order chi connectivity index (χ1) is 20.7. The smallest absolute Gasteiger partial charge is 0.224 e. The van der Waals surface area contributed by atoms with Crippen molar-refractivity contribution in [2.24, 2.45) is 11.7 Å². The normalized spacial score (nSPS) is 18.2. The Morgan fingerprint density at radius 1 is 0.977 bits per heavy atom. The lowest BCUT2D eigenvalue weighted by atomic mass is 9.88. The third-order valence-electron chi connectivity index (χ3n) is 7.95. The van der Waals surface area contributed by atoms with Gasteiger partial charge in [0.05, 0.1) is 12.1 Å². The minimum atomic E-state index is -0.938. The Morgan fingerprint density at radius 2 is 1.70 bits per heavy atom. The maximum absolute atomic E-state index is 13.7. The zero-order valence-electron chi connectivity index (χ0n) is 24.4. The molecule has 2 heterocycles. The standard InChI is InChI=1S/C35H38ClN3O4/c1-21-14-26(15-22(2)38-21)25-12-10-23(11-13-25)18-30(37)31(40)19-27(16-24-6-5-7-28(36)17-24)35(42)39-34-29-8-3-4-9-33(29)43-20-32(34)41/h3-15,17,27,30-32,34,40-41H,16,18-20,37H2,1-2H3,(H,39,42)/t27-,30+,31+,32-,34+/m1/s1. The van der Waals surface area contributed by atoms with E-state index in [0.717, 1.165) is 33.6 Å². The third-order valence-corrected chi connectivity index (χ3v) is 8.18. The summed E-state index contributed by atoms with van der Waals surface area (Å²) in [6.45, 7) is 4.04. The fraction of sp³-hybridized carbons (Fsp3) is 0.314. The molecule has 5 atom stereocenters. The van der Waals surface area contributed by atoms with Gasteiger partial charge < -0.3 is 26.0 Å². The van der Waals surface area contributed by atoms with Gasteiger partial charge in [-0.15, -0.1) is 0 Å². The number of aliphatic hydroxyl groups is 2. The third kappa shape index (κ3) is 7.80. The van der Waals surface area contributed by atoms with Gasteiger partial charge in [-0.1, -0.05) is 66.2 Å². The second kappa shape index (κ2) is 13.7. The number of aliphatic hydroxyl groups excluding tert-OH is 2. The Labute approximate surface area is 257 Å². The number of benzene rings is 3. The quantitative estimate of drug-likeness (QED) is 0.201. The van der Waals surface area contributed by atoms with E-state index in [-0.39, 0.29) is 18.9 Å². The predicted octanol–water partition coefficient (Wildman–Crippen LogP) is 5.11. The van der Waals surface area contributed by atoms with Crippen molar-refractivity contribution >= 4 is 17.5 Å². The molecule has 0 saturated heterocycles. The molecule has 5 rings (SSSR count). The van der Waals surface area contributed by atoms with Crippen LogP contribution in [-0.4, -0.2) is 46.0 Å². The average molecular weight is 600 g/mol. The molecule has 1 aliphatic heterocycles. The fourth-order valence-corrected chi connectivity index (χ4v) is 5.95. The molecule has 7 nitrogen and oxygen atoms in total. The van der Waals surface area contributed by atoms with Crippen molar-refractivity contribution in [3.63, 3.8) is 0 Å².